The lowest BCUT2D eigenvalue weighted by Crippen LogP contribution is -2.20. The van der Waals surface area contributed by atoms with Crippen LogP contribution in [0, 0.1) is 0 Å². The molecule has 0 atom stereocenters. The Labute approximate surface area is 93.0 Å². The number of para-hydroxylation sites is 1. The third-order valence-corrected chi connectivity index (χ3v) is 3.12. The topological polar surface area (TPSA) is 9.23 Å². The normalized spacial score (nSPS) is 15.4. The van der Waals surface area contributed by atoms with Crippen molar-refractivity contribution in [1.82, 2.24) is 0 Å². The third-order valence-electron chi connectivity index (χ3n) is 3.12. The summed E-state index contributed by atoms with van der Waals surface area (Å²) in [6.07, 6.45) is 7.43. The van der Waals surface area contributed by atoms with E-state index in [-0.39, 0.29) is 0 Å². The van der Waals surface area contributed by atoms with Crippen LogP contribution in [0.2, 0.25) is 12.6 Å². The van der Waals surface area contributed by atoms with E-state index in [1.165, 1.54) is 43.9 Å². The molecule has 0 aromatic heterocycles. The van der Waals surface area contributed by atoms with E-state index in [1.807, 2.05) is 0 Å². The fraction of sp³-hybridized carbons (Fsp3) is 0.538. The Balaban J connectivity index is 2.04. The molecule has 0 bridgehead atoms. The number of rotatable bonds is 3. The van der Waals surface area contributed by atoms with Crippen molar-refractivity contribution in [3.63, 3.8) is 0 Å². The zero-order valence-electron chi connectivity index (χ0n) is 9.54. The van der Waals surface area contributed by atoms with Crippen LogP contribution in [0.5, 0.6) is 5.75 Å². The fourth-order valence-electron chi connectivity index (χ4n) is 2.22. The van der Waals surface area contributed by atoms with E-state index >= 15 is 0 Å². The Morgan fingerprint density at radius 1 is 1.33 bits per heavy atom. The highest BCUT2D eigenvalue weighted by atomic mass is 16.4. The van der Waals surface area contributed by atoms with Crippen LogP contribution in [-0.4, -0.2) is 6.92 Å². The summed E-state index contributed by atoms with van der Waals surface area (Å²) in [7, 11) is 0. The number of fused-ring (bicyclic) bond motifs is 1. The van der Waals surface area contributed by atoms with E-state index in [9.17, 15) is 0 Å². The molecule has 80 valence electrons. The molecule has 0 aliphatic carbocycles. The van der Waals surface area contributed by atoms with Gasteiger partial charge in [0.25, 0.3) is 0 Å². The molecule has 1 aromatic carbocycles. The third kappa shape index (κ3) is 2.77. The lowest BCUT2D eigenvalue weighted by molar-refractivity contribution is 0.560. The van der Waals surface area contributed by atoms with Gasteiger partial charge in [0, 0.05) is 0 Å². The molecule has 1 aliphatic heterocycles. The first-order valence-corrected chi connectivity index (χ1v) is 6.14. The molecule has 15 heavy (non-hydrogen) atoms. The summed E-state index contributed by atoms with van der Waals surface area (Å²) in [5.41, 5.74) is 1.39. The van der Waals surface area contributed by atoms with Crippen LogP contribution in [0.3, 0.4) is 0 Å². The standard InChI is InChI=1S/C13H19BO/c1-2-3-10-14-11-6-8-12-7-4-5-9-13(12)15-14/h4-5,7,9H,2-3,6,8,10-11H2,1H3. The lowest BCUT2D eigenvalue weighted by atomic mass is 9.59. The van der Waals surface area contributed by atoms with Gasteiger partial charge >= 0.3 is 6.92 Å². The Kier molecular flexibility index (Phi) is 3.71. The van der Waals surface area contributed by atoms with Crippen molar-refractivity contribution in [2.75, 3.05) is 0 Å². The van der Waals surface area contributed by atoms with Crippen LogP contribution in [-0.2, 0) is 6.42 Å². The fourth-order valence-corrected chi connectivity index (χ4v) is 2.22. The van der Waals surface area contributed by atoms with Gasteiger partial charge in [0.2, 0.25) is 0 Å². The second kappa shape index (κ2) is 5.25. The Morgan fingerprint density at radius 2 is 2.20 bits per heavy atom. The molecule has 0 N–H and O–H groups in total. The molecule has 2 rings (SSSR count). The van der Waals surface area contributed by atoms with E-state index in [2.05, 4.69) is 31.2 Å². The Morgan fingerprint density at radius 3 is 3.07 bits per heavy atom. The molecule has 1 nitrogen and oxygen atoms in total. The second-order valence-corrected chi connectivity index (χ2v) is 4.38. The summed E-state index contributed by atoms with van der Waals surface area (Å²) >= 11 is 0. The van der Waals surface area contributed by atoms with Gasteiger partial charge in [-0.2, -0.15) is 0 Å². The highest BCUT2D eigenvalue weighted by Gasteiger charge is 2.21. The highest BCUT2D eigenvalue weighted by molar-refractivity contribution is 6.52. The smallest absolute Gasteiger partial charge is 0.357 e. The monoisotopic (exact) mass is 202 g/mol. The molecule has 1 aromatic rings. The molecule has 0 fully saturated rings. The van der Waals surface area contributed by atoms with Crippen LogP contribution in [0.4, 0.5) is 0 Å². The Hall–Kier alpha value is -0.915. The average molecular weight is 202 g/mol. The molecule has 1 heterocycles. The minimum Gasteiger partial charge on any atom is -0.561 e. The summed E-state index contributed by atoms with van der Waals surface area (Å²) in [6, 6.07) is 8.48. The molecule has 2 heteroatoms. The average Bonchev–Trinajstić information content (AvgIpc) is 2.47. The maximum absolute atomic E-state index is 6.06. The predicted octanol–water partition coefficient (Wildman–Crippen LogP) is 3.80. The number of benzene rings is 1. The first-order chi connectivity index (χ1) is 7.40. The summed E-state index contributed by atoms with van der Waals surface area (Å²) in [5, 5.41) is 0. The molecule has 1 aliphatic rings. The van der Waals surface area contributed by atoms with Gasteiger partial charge in [0.1, 0.15) is 5.75 Å². The molecule has 0 amide bonds. The molecule has 0 unspecified atom stereocenters. The van der Waals surface area contributed by atoms with Crippen molar-refractivity contribution in [2.45, 2.75) is 45.2 Å². The highest BCUT2D eigenvalue weighted by Crippen LogP contribution is 2.26. The maximum atomic E-state index is 6.06. The quantitative estimate of drug-likeness (QED) is 0.677. The minimum atomic E-state index is 0.452. The summed E-state index contributed by atoms with van der Waals surface area (Å²) in [6.45, 7) is 2.69. The van der Waals surface area contributed by atoms with Gasteiger partial charge in [0.05, 0.1) is 0 Å². The zero-order chi connectivity index (χ0) is 10.5. The van der Waals surface area contributed by atoms with Crippen molar-refractivity contribution < 1.29 is 4.65 Å². The second-order valence-electron chi connectivity index (χ2n) is 4.38. The summed E-state index contributed by atoms with van der Waals surface area (Å²) in [5.74, 6) is 1.12. The van der Waals surface area contributed by atoms with E-state index in [1.54, 1.807) is 0 Å². The molecule has 0 radical (unpaired) electrons. The van der Waals surface area contributed by atoms with Crippen LogP contribution in [0.15, 0.2) is 24.3 Å². The molecule has 0 saturated heterocycles. The van der Waals surface area contributed by atoms with E-state index in [0.717, 1.165) is 5.75 Å². The first kappa shape index (κ1) is 10.6. The molecular formula is C13H19BO. The van der Waals surface area contributed by atoms with Crippen LogP contribution in [0.25, 0.3) is 0 Å². The van der Waals surface area contributed by atoms with Gasteiger partial charge in [0.15, 0.2) is 0 Å². The largest absolute Gasteiger partial charge is 0.561 e. The van der Waals surface area contributed by atoms with Gasteiger partial charge in [-0.1, -0.05) is 44.4 Å². The summed E-state index contributed by atoms with van der Waals surface area (Å²) < 4.78 is 6.06. The zero-order valence-corrected chi connectivity index (χ0v) is 9.54. The molecular weight excluding hydrogens is 183 g/mol. The van der Waals surface area contributed by atoms with Crippen molar-refractivity contribution in [1.29, 1.82) is 0 Å². The van der Waals surface area contributed by atoms with Crippen molar-refractivity contribution >= 4 is 6.92 Å². The van der Waals surface area contributed by atoms with Gasteiger partial charge < -0.3 is 4.65 Å². The molecule has 0 spiro atoms. The number of hydrogen-bond acceptors (Lipinski definition) is 1. The predicted molar refractivity (Wildman–Crippen MR) is 65.7 cm³/mol. The van der Waals surface area contributed by atoms with Crippen molar-refractivity contribution in [2.24, 2.45) is 0 Å². The van der Waals surface area contributed by atoms with Crippen LogP contribution in [0.1, 0.15) is 31.7 Å². The van der Waals surface area contributed by atoms with E-state index < -0.39 is 0 Å². The van der Waals surface area contributed by atoms with Gasteiger partial charge in [-0.3, -0.25) is 0 Å². The van der Waals surface area contributed by atoms with Crippen molar-refractivity contribution in [3.8, 4) is 5.75 Å². The maximum Gasteiger partial charge on any atom is 0.357 e. The number of unbranched alkanes of at least 4 members (excludes halogenated alkanes) is 1. The molecule has 0 saturated carbocycles. The summed E-state index contributed by atoms with van der Waals surface area (Å²) in [4.78, 5) is 0. The number of aryl methyl sites for hydroxylation is 1. The van der Waals surface area contributed by atoms with E-state index in [4.69, 9.17) is 4.65 Å². The van der Waals surface area contributed by atoms with Crippen LogP contribution < -0.4 is 4.65 Å². The van der Waals surface area contributed by atoms with E-state index in [0.29, 0.717) is 6.92 Å². The van der Waals surface area contributed by atoms with Crippen LogP contribution >= 0.6 is 0 Å². The first-order valence-electron chi connectivity index (χ1n) is 6.14. The van der Waals surface area contributed by atoms with Gasteiger partial charge in [-0.05, 0) is 30.7 Å². The SMILES string of the molecule is CCCCB1CCCc2ccccc2O1. The van der Waals surface area contributed by atoms with Gasteiger partial charge in [-0.25, -0.2) is 0 Å². The Bertz CT molecular complexity index is 309. The van der Waals surface area contributed by atoms with Gasteiger partial charge in [-0.15, -0.1) is 0 Å². The minimum absolute atomic E-state index is 0.452. The number of hydrogen-bond donors (Lipinski definition) is 0. The van der Waals surface area contributed by atoms with Crippen molar-refractivity contribution in [3.05, 3.63) is 29.8 Å². The lowest BCUT2D eigenvalue weighted by Gasteiger charge is -2.13.